The predicted molar refractivity (Wildman–Crippen MR) is 58.5 cm³/mol. The van der Waals surface area contributed by atoms with Crippen LogP contribution in [0, 0.1) is 0 Å². The van der Waals surface area contributed by atoms with E-state index in [9.17, 15) is 4.79 Å². The smallest absolute Gasteiger partial charge is 0.235 e. The summed E-state index contributed by atoms with van der Waals surface area (Å²) in [5.74, 6) is -0.0887. The highest BCUT2D eigenvalue weighted by Crippen LogP contribution is 2.02. The summed E-state index contributed by atoms with van der Waals surface area (Å²) in [6.07, 6.45) is 0.837. The molecule has 0 aliphatic carbocycles. The van der Waals surface area contributed by atoms with Gasteiger partial charge in [-0.05, 0) is 18.9 Å². The van der Waals surface area contributed by atoms with Gasteiger partial charge in [-0.3, -0.25) is 4.79 Å². The van der Waals surface area contributed by atoms with Gasteiger partial charge in [0.15, 0.2) is 0 Å². The van der Waals surface area contributed by atoms with Crippen molar-refractivity contribution >= 4 is 17.5 Å². The number of halogens is 1. The SMILES string of the molecule is C[C@H](Cc1ccccc1)NC(=O)CCl. The number of amides is 1. The molecule has 76 valence electrons. The molecular formula is C11H14ClNO. The van der Waals surface area contributed by atoms with E-state index in [1.165, 1.54) is 5.56 Å². The van der Waals surface area contributed by atoms with Gasteiger partial charge in [-0.2, -0.15) is 0 Å². The first kappa shape index (κ1) is 11.1. The topological polar surface area (TPSA) is 29.1 Å². The number of carbonyl (C=O) groups is 1. The van der Waals surface area contributed by atoms with Crippen molar-refractivity contribution in [3.05, 3.63) is 35.9 Å². The van der Waals surface area contributed by atoms with Crippen LogP contribution in [-0.2, 0) is 11.2 Å². The van der Waals surface area contributed by atoms with Crippen molar-refractivity contribution in [2.75, 3.05) is 5.88 Å². The first-order valence-electron chi connectivity index (χ1n) is 4.61. The van der Waals surface area contributed by atoms with Crippen LogP contribution >= 0.6 is 11.6 Å². The van der Waals surface area contributed by atoms with Gasteiger partial charge in [0.1, 0.15) is 5.88 Å². The van der Waals surface area contributed by atoms with E-state index in [1.54, 1.807) is 0 Å². The molecule has 1 aromatic rings. The molecule has 0 spiro atoms. The van der Waals surface area contributed by atoms with Crippen molar-refractivity contribution in [1.29, 1.82) is 0 Å². The molecule has 0 saturated carbocycles. The summed E-state index contributed by atoms with van der Waals surface area (Å²) in [5.41, 5.74) is 1.22. The van der Waals surface area contributed by atoms with Crippen molar-refractivity contribution in [3.63, 3.8) is 0 Å². The molecule has 0 unspecified atom stereocenters. The Balaban J connectivity index is 2.41. The Morgan fingerprint density at radius 3 is 2.64 bits per heavy atom. The van der Waals surface area contributed by atoms with Gasteiger partial charge in [-0.1, -0.05) is 30.3 Å². The van der Waals surface area contributed by atoms with Gasteiger partial charge in [-0.25, -0.2) is 0 Å². The standard InChI is InChI=1S/C11H14ClNO/c1-9(13-11(14)8-12)7-10-5-3-2-4-6-10/h2-6,9H,7-8H2,1H3,(H,13,14)/t9-/m1/s1. The van der Waals surface area contributed by atoms with Crippen molar-refractivity contribution in [1.82, 2.24) is 5.32 Å². The Bertz CT molecular complexity index is 287. The summed E-state index contributed by atoms with van der Waals surface area (Å²) >= 11 is 5.39. The Morgan fingerprint density at radius 2 is 2.07 bits per heavy atom. The Labute approximate surface area is 89.3 Å². The molecule has 0 radical (unpaired) electrons. The molecule has 2 nitrogen and oxygen atoms in total. The average molecular weight is 212 g/mol. The van der Waals surface area contributed by atoms with Gasteiger partial charge in [0.05, 0.1) is 0 Å². The zero-order valence-corrected chi connectivity index (χ0v) is 8.92. The molecule has 0 aliphatic heterocycles. The molecule has 1 rings (SSSR count). The van der Waals surface area contributed by atoms with E-state index >= 15 is 0 Å². The summed E-state index contributed by atoms with van der Waals surface area (Å²) < 4.78 is 0. The molecule has 0 bridgehead atoms. The fourth-order valence-electron chi connectivity index (χ4n) is 1.33. The van der Waals surface area contributed by atoms with E-state index in [2.05, 4.69) is 5.32 Å². The molecule has 0 fully saturated rings. The van der Waals surface area contributed by atoms with Crippen LogP contribution in [0.3, 0.4) is 0 Å². The second-order valence-corrected chi connectivity index (χ2v) is 3.56. The third-order valence-corrected chi connectivity index (χ3v) is 2.16. The lowest BCUT2D eigenvalue weighted by Gasteiger charge is -2.12. The maximum atomic E-state index is 11.0. The highest BCUT2D eigenvalue weighted by atomic mass is 35.5. The summed E-state index contributed by atoms with van der Waals surface area (Å²) in [5, 5.41) is 2.81. The van der Waals surface area contributed by atoms with Crippen LogP contribution in [0.5, 0.6) is 0 Å². The fourth-order valence-corrected chi connectivity index (χ4v) is 1.41. The molecule has 1 atom stereocenters. The molecule has 1 amide bonds. The monoisotopic (exact) mass is 211 g/mol. The van der Waals surface area contributed by atoms with E-state index in [0.717, 1.165) is 6.42 Å². The first-order chi connectivity index (χ1) is 6.72. The number of nitrogens with one attached hydrogen (secondary N) is 1. The minimum absolute atomic E-state index is 0.0269. The molecule has 14 heavy (non-hydrogen) atoms. The second kappa shape index (κ2) is 5.66. The highest BCUT2D eigenvalue weighted by molar-refractivity contribution is 6.27. The van der Waals surface area contributed by atoms with E-state index in [1.807, 2.05) is 37.3 Å². The quantitative estimate of drug-likeness (QED) is 0.759. The average Bonchev–Trinajstić information content (AvgIpc) is 2.19. The summed E-state index contributed by atoms with van der Waals surface area (Å²) in [4.78, 5) is 11.0. The molecule has 1 aromatic carbocycles. The first-order valence-corrected chi connectivity index (χ1v) is 5.15. The van der Waals surface area contributed by atoms with E-state index in [-0.39, 0.29) is 17.8 Å². The number of benzene rings is 1. The maximum Gasteiger partial charge on any atom is 0.235 e. The molecule has 0 aromatic heterocycles. The molecule has 1 N–H and O–H groups in total. The summed E-state index contributed by atoms with van der Waals surface area (Å²) in [6.45, 7) is 1.97. The van der Waals surface area contributed by atoms with E-state index in [0.29, 0.717) is 0 Å². The van der Waals surface area contributed by atoms with Gasteiger partial charge in [-0.15, -0.1) is 11.6 Å². The van der Waals surface area contributed by atoms with E-state index < -0.39 is 0 Å². The van der Waals surface area contributed by atoms with Crippen LogP contribution < -0.4 is 5.32 Å². The van der Waals surface area contributed by atoms with Crippen LogP contribution in [0.4, 0.5) is 0 Å². The normalized spacial score (nSPS) is 12.1. The van der Waals surface area contributed by atoms with Crippen LogP contribution in [0.1, 0.15) is 12.5 Å². The Hall–Kier alpha value is -1.02. The van der Waals surface area contributed by atoms with Crippen LogP contribution in [-0.4, -0.2) is 17.8 Å². The van der Waals surface area contributed by atoms with Gasteiger partial charge in [0, 0.05) is 6.04 Å². The molecular weight excluding hydrogens is 198 g/mol. The number of alkyl halides is 1. The zero-order valence-electron chi connectivity index (χ0n) is 8.16. The molecule has 0 heterocycles. The number of hydrogen-bond acceptors (Lipinski definition) is 1. The lowest BCUT2D eigenvalue weighted by molar-refractivity contribution is -0.119. The number of carbonyl (C=O) groups excluding carboxylic acids is 1. The number of rotatable bonds is 4. The Morgan fingerprint density at radius 1 is 1.43 bits per heavy atom. The summed E-state index contributed by atoms with van der Waals surface area (Å²) in [6, 6.07) is 10.2. The van der Waals surface area contributed by atoms with Crippen LogP contribution in [0.25, 0.3) is 0 Å². The lowest BCUT2D eigenvalue weighted by Crippen LogP contribution is -2.34. The molecule has 3 heteroatoms. The predicted octanol–water partition coefficient (Wildman–Crippen LogP) is 1.97. The second-order valence-electron chi connectivity index (χ2n) is 3.29. The van der Waals surface area contributed by atoms with Crippen LogP contribution in [0.15, 0.2) is 30.3 Å². The van der Waals surface area contributed by atoms with Crippen molar-refractivity contribution in [2.24, 2.45) is 0 Å². The van der Waals surface area contributed by atoms with Crippen LogP contribution in [0.2, 0.25) is 0 Å². The minimum atomic E-state index is -0.116. The maximum absolute atomic E-state index is 11.0. The highest BCUT2D eigenvalue weighted by Gasteiger charge is 2.06. The number of hydrogen-bond donors (Lipinski definition) is 1. The van der Waals surface area contributed by atoms with Gasteiger partial charge in [0.2, 0.25) is 5.91 Å². The van der Waals surface area contributed by atoms with E-state index in [4.69, 9.17) is 11.6 Å². The third-order valence-electron chi connectivity index (χ3n) is 1.91. The lowest BCUT2D eigenvalue weighted by atomic mass is 10.1. The fraction of sp³-hybridized carbons (Fsp3) is 0.364. The largest absolute Gasteiger partial charge is 0.352 e. The zero-order chi connectivity index (χ0) is 10.4. The molecule has 0 saturated heterocycles. The van der Waals surface area contributed by atoms with Crippen molar-refractivity contribution in [3.8, 4) is 0 Å². The van der Waals surface area contributed by atoms with Gasteiger partial charge < -0.3 is 5.32 Å². The van der Waals surface area contributed by atoms with Gasteiger partial charge >= 0.3 is 0 Å². The van der Waals surface area contributed by atoms with Crippen molar-refractivity contribution in [2.45, 2.75) is 19.4 Å². The minimum Gasteiger partial charge on any atom is -0.352 e. The van der Waals surface area contributed by atoms with Crippen molar-refractivity contribution < 1.29 is 4.79 Å². The third kappa shape index (κ3) is 3.79. The summed E-state index contributed by atoms with van der Waals surface area (Å²) in [7, 11) is 0. The molecule has 0 aliphatic rings. The Kier molecular flexibility index (Phi) is 4.47. The van der Waals surface area contributed by atoms with Gasteiger partial charge in [0.25, 0.3) is 0 Å².